The number of rotatable bonds is 0. The zero-order valence-corrected chi connectivity index (χ0v) is 4.63. The maximum absolute atomic E-state index is 8.79. The fraction of sp³-hybridized carbons (Fsp3) is 0.200. The van der Waals surface area contributed by atoms with E-state index >= 15 is 0 Å². The summed E-state index contributed by atoms with van der Waals surface area (Å²) in [5, 5.41) is 8.79. The van der Waals surface area contributed by atoms with E-state index in [1.807, 2.05) is 0 Å². The molecule has 0 atom stereocenters. The number of anilines is 1. The summed E-state index contributed by atoms with van der Waals surface area (Å²) >= 11 is 0. The highest BCUT2D eigenvalue weighted by molar-refractivity contribution is 5.49. The van der Waals surface area contributed by atoms with Crippen LogP contribution in [0, 0.1) is 0 Å². The molecule has 0 aromatic carbocycles. The Labute approximate surface area is 47.3 Å². The molecule has 0 amide bonds. The van der Waals surface area contributed by atoms with Crippen molar-refractivity contribution in [2.45, 2.75) is 0 Å². The van der Waals surface area contributed by atoms with Crippen LogP contribution < -0.4 is 5.73 Å². The Morgan fingerprint density at radius 1 is 1.62 bits per heavy atom. The molecule has 3 nitrogen and oxygen atoms in total. The third kappa shape index (κ3) is 0.621. The van der Waals surface area contributed by atoms with Gasteiger partial charge in [0.1, 0.15) is 0 Å². The van der Waals surface area contributed by atoms with Gasteiger partial charge in [-0.05, 0) is 0 Å². The van der Waals surface area contributed by atoms with Gasteiger partial charge < -0.3 is 15.4 Å². The largest absolute Gasteiger partial charge is 0.504 e. The molecule has 44 valence electrons. The Kier molecular flexibility index (Phi) is 0.901. The van der Waals surface area contributed by atoms with Gasteiger partial charge in [0.2, 0.25) is 0 Å². The van der Waals surface area contributed by atoms with E-state index < -0.39 is 0 Å². The summed E-state index contributed by atoms with van der Waals surface area (Å²) in [4.78, 5) is 0. The van der Waals surface area contributed by atoms with Crippen molar-refractivity contribution >= 4 is 5.69 Å². The highest BCUT2D eigenvalue weighted by Crippen LogP contribution is 2.17. The van der Waals surface area contributed by atoms with E-state index in [1.54, 1.807) is 24.0 Å². The van der Waals surface area contributed by atoms with Crippen molar-refractivity contribution < 1.29 is 5.11 Å². The average molecular weight is 112 g/mol. The number of aromatic hydroxyl groups is 1. The van der Waals surface area contributed by atoms with Crippen molar-refractivity contribution in [3.63, 3.8) is 0 Å². The third-order valence-corrected chi connectivity index (χ3v) is 0.964. The van der Waals surface area contributed by atoms with E-state index in [2.05, 4.69) is 0 Å². The molecule has 0 saturated carbocycles. The maximum Gasteiger partial charge on any atom is 0.156 e. The minimum atomic E-state index is 0.146. The van der Waals surface area contributed by atoms with Crippen LogP contribution in [-0.2, 0) is 7.05 Å². The second-order valence-electron chi connectivity index (χ2n) is 1.76. The second-order valence-corrected chi connectivity index (χ2v) is 1.76. The van der Waals surface area contributed by atoms with Crippen LogP contribution in [-0.4, -0.2) is 9.67 Å². The Morgan fingerprint density at radius 3 is 2.38 bits per heavy atom. The minimum Gasteiger partial charge on any atom is -0.504 e. The molecular weight excluding hydrogens is 104 g/mol. The molecule has 0 unspecified atom stereocenters. The van der Waals surface area contributed by atoms with Crippen LogP contribution in [0.5, 0.6) is 5.75 Å². The summed E-state index contributed by atoms with van der Waals surface area (Å²) < 4.78 is 1.70. The van der Waals surface area contributed by atoms with Gasteiger partial charge in [-0.3, -0.25) is 0 Å². The SMILES string of the molecule is Cn1cc(N)c(O)c1. The van der Waals surface area contributed by atoms with Crippen LogP contribution in [0.3, 0.4) is 0 Å². The number of nitrogen functional groups attached to an aromatic ring is 1. The highest BCUT2D eigenvalue weighted by atomic mass is 16.3. The molecule has 8 heavy (non-hydrogen) atoms. The van der Waals surface area contributed by atoms with Gasteiger partial charge in [0.05, 0.1) is 5.69 Å². The van der Waals surface area contributed by atoms with Gasteiger partial charge in [-0.15, -0.1) is 0 Å². The van der Waals surface area contributed by atoms with Crippen molar-refractivity contribution in [1.82, 2.24) is 4.57 Å². The van der Waals surface area contributed by atoms with Crippen molar-refractivity contribution in [3.05, 3.63) is 12.4 Å². The lowest BCUT2D eigenvalue weighted by Crippen LogP contribution is -1.81. The van der Waals surface area contributed by atoms with Crippen molar-refractivity contribution in [3.8, 4) is 5.75 Å². The number of nitrogens with zero attached hydrogens (tertiary/aromatic N) is 1. The summed E-state index contributed by atoms with van der Waals surface area (Å²) in [6.07, 6.45) is 3.20. The zero-order valence-electron chi connectivity index (χ0n) is 4.63. The lowest BCUT2D eigenvalue weighted by Gasteiger charge is -1.80. The van der Waals surface area contributed by atoms with Crippen molar-refractivity contribution in [2.24, 2.45) is 7.05 Å². The zero-order chi connectivity index (χ0) is 6.15. The van der Waals surface area contributed by atoms with E-state index in [1.165, 1.54) is 0 Å². The minimum absolute atomic E-state index is 0.146. The molecule has 0 bridgehead atoms. The highest BCUT2D eigenvalue weighted by Gasteiger charge is 1.94. The first-order chi connectivity index (χ1) is 3.70. The third-order valence-electron chi connectivity index (χ3n) is 0.964. The fourth-order valence-electron chi connectivity index (χ4n) is 0.590. The normalized spacial score (nSPS) is 9.62. The summed E-state index contributed by atoms with van der Waals surface area (Å²) in [6.45, 7) is 0. The Balaban J connectivity index is 3.14. The van der Waals surface area contributed by atoms with E-state index in [-0.39, 0.29) is 5.75 Å². The monoisotopic (exact) mass is 112 g/mol. The molecule has 0 fully saturated rings. The topological polar surface area (TPSA) is 51.2 Å². The molecule has 3 heteroatoms. The molecule has 0 aliphatic heterocycles. The molecule has 1 rings (SSSR count). The Morgan fingerprint density at radius 2 is 2.25 bits per heavy atom. The van der Waals surface area contributed by atoms with Crippen LogP contribution in [0.15, 0.2) is 12.4 Å². The first-order valence-corrected chi connectivity index (χ1v) is 2.30. The molecule has 0 aliphatic carbocycles. The van der Waals surface area contributed by atoms with Crippen LogP contribution in [0.2, 0.25) is 0 Å². The lowest BCUT2D eigenvalue weighted by molar-refractivity contribution is 0.477. The fourth-order valence-corrected chi connectivity index (χ4v) is 0.590. The van der Waals surface area contributed by atoms with Crippen LogP contribution in [0.25, 0.3) is 0 Å². The number of aryl methyl sites for hydroxylation is 1. The second kappa shape index (κ2) is 1.43. The molecule has 0 radical (unpaired) electrons. The predicted molar refractivity (Wildman–Crippen MR) is 31.5 cm³/mol. The molecule has 3 N–H and O–H groups in total. The maximum atomic E-state index is 8.79. The van der Waals surface area contributed by atoms with Gasteiger partial charge >= 0.3 is 0 Å². The first kappa shape index (κ1) is 5.03. The summed E-state index contributed by atoms with van der Waals surface area (Å²) in [7, 11) is 1.80. The average Bonchev–Trinajstić information content (AvgIpc) is 1.85. The Hall–Kier alpha value is -1.12. The van der Waals surface area contributed by atoms with E-state index in [4.69, 9.17) is 10.8 Å². The van der Waals surface area contributed by atoms with Gasteiger partial charge in [0, 0.05) is 19.4 Å². The first-order valence-electron chi connectivity index (χ1n) is 2.30. The van der Waals surface area contributed by atoms with E-state index in [0.717, 1.165) is 0 Å². The number of hydrogen-bond acceptors (Lipinski definition) is 2. The van der Waals surface area contributed by atoms with Gasteiger partial charge in [-0.1, -0.05) is 0 Å². The quantitative estimate of drug-likeness (QED) is 0.507. The molecular formula is C5H8N2O. The van der Waals surface area contributed by atoms with Gasteiger partial charge in [0.25, 0.3) is 0 Å². The van der Waals surface area contributed by atoms with Crippen LogP contribution in [0.4, 0.5) is 5.69 Å². The summed E-state index contributed by atoms with van der Waals surface area (Å²) in [6, 6.07) is 0. The Bertz CT molecular complexity index is 173. The van der Waals surface area contributed by atoms with Gasteiger partial charge in [0.15, 0.2) is 5.75 Å². The van der Waals surface area contributed by atoms with E-state index in [9.17, 15) is 0 Å². The van der Waals surface area contributed by atoms with Crippen molar-refractivity contribution in [1.29, 1.82) is 0 Å². The van der Waals surface area contributed by atoms with Crippen molar-refractivity contribution in [2.75, 3.05) is 5.73 Å². The molecule has 1 aromatic heterocycles. The van der Waals surface area contributed by atoms with Crippen LogP contribution in [0.1, 0.15) is 0 Å². The summed E-state index contributed by atoms with van der Waals surface area (Å²) in [5.41, 5.74) is 5.69. The van der Waals surface area contributed by atoms with E-state index in [0.29, 0.717) is 5.69 Å². The molecule has 1 heterocycles. The number of aromatic nitrogens is 1. The van der Waals surface area contributed by atoms with Gasteiger partial charge in [-0.25, -0.2) is 0 Å². The molecule has 0 saturated heterocycles. The number of nitrogens with two attached hydrogens (primary N) is 1. The van der Waals surface area contributed by atoms with Gasteiger partial charge in [-0.2, -0.15) is 0 Å². The molecule has 0 spiro atoms. The predicted octanol–water partition coefficient (Wildman–Crippen LogP) is 0.313. The lowest BCUT2D eigenvalue weighted by atomic mass is 10.5. The standard InChI is InChI=1S/C5H8N2O/c1-7-2-4(6)5(8)3-7/h2-3,8H,6H2,1H3. The van der Waals surface area contributed by atoms with Crippen LogP contribution >= 0.6 is 0 Å². The smallest absolute Gasteiger partial charge is 0.156 e. The summed E-state index contributed by atoms with van der Waals surface area (Å²) in [5.74, 6) is 0.146. The number of hydrogen-bond donors (Lipinski definition) is 2. The molecule has 1 aromatic rings. The molecule has 0 aliphatic rings.